The van der Waals surface area contributed by atoms with Crippen molar-refractivity contribution >= 4 is 21.7 Å². The molecule has 2 fully saturated rings. The second-order valence-electron chi connectivity index (χ2n) is 6.03. The van der Waals surface area contributed by atoms with Gasteiger partial charge in [0.2, 0.25) is 15.9 Å². The van der Waals surface area contributed by atoms with Gasteiger partial charge < -0.3 is 9.80 Å². The SMILES string of the molecule is CS(=O)(=O)N1CCCC1C(=O)N1CCN(c2ccccn2)CC1. The molecule has 0 aromatic carbocycles. The van der Waals surface area contributed by atoms with Crippen LogP contribution in [0.2, 0.25) is 0 Å². The third kappa shape index (κ3) is 3.48. The van der Waals surface area contributed by atoms with Crippen LogP contribution in [0, 0.1) is 0 Å². The van der Waals surface area contributed by atoms with Crippen molar-refractivity contribution in [3.8, 4) is 0 Å². The predicted molar refractivity (Wildman–Crippen MR) is 87.6 cm³/mol. The molecule has 0 spiro atoms. The van der Waals surface area contributed by atoms with E-state index in [0.29, 0.717) is 39.1 Å². The van der Waals surface area contributed by atoms with Crippen LogP contribution in [-0.4, -0.2) is 73.5 Å². The van der Waals surface area contributed by atoms with E-state index in [1.54, 1.807) is 11.1 Å². The van der Waals surface area contributed by atoms with Crippen LogP contribution < -0.4 is 4.90 Å². The molecule has 0 aliphatic carbocycles. The van der Waals surface area contributed by atoms with E-state index in [1.807, 2.05) is 18.2 Å². The lowest BCUT2D eigenvalue weighted by atomic mass is 10.2. The van der Waals surface area contributed by atoms with Gasteiger partial charge in [-0.25, -0.2) is 13.4 Å². The van der Waals surface area contributed by atoms with E-state index in [9.17, 15) is 13.2 Å². The molecule has 1 atom stereocenters. The average molecular weight is 338 g/mol. The zero-order chi connectivity index (χ0) is 16.4. The summed E-state index contributed by atoms with van der Waals surface area (Å²) in [4.78, 5) is 20.9. The molecule has 1 amide bonds. The molecule has 8 heteroatoms. The summed E-state index contributed by atoms with van der Waals surface area (Å²) in [5.74, 6) is 0.854. The summed E-state index contributed by atoms with van der Waals surface area (Å²) in [6.45, 7) is 3.08. The zero-order valence-corrected chi connectivity index (χ0v) is 14.1. The molecular formula is C15H22N4O3S. The summed E-state index contributed by atoms with van der Waals surface area (Å²) in [6.07, 6.45) is 4.30. The van der Waals surface area contributed by atoms with Crippen molar-refractivity contribution in [2.45, 2.75) is 18.9 Å². The summed E-state index contributed by atoms with van der Waals surface area (Å²) >= 11 is 0. The quantitative estimate of drug-likeness (QED) is 0.785. The lowest BCUT2D eigenvalue weighted by Crippen LogP contribution is -2.54. The minimum absolute atomic E-state index is 0.0615. The number of pyridine rings is 1. The van der Waals surface area contributed by atoms with Crippen LogP contribution >= 0.6 is 0 Å². The van der Waals surface area contributed by atoms with E-state index in [4.69, 9.17) is 0 Å². The van der Waals surface area contributed by atoms with E-state index < -0.39 is 16.1 Å². The van der Waals surface area contributed by atoms with Crippen LogP contribution in [0.1, 0.15) is 12.8 Å². The Morgan fingerprint density at radius 1 is 1.17 bits per heavy atom. The first kappa shape index (κ1) is 16.2. The van der Waals surface area contributed by atoms with E-state index in [0.717, 1.165) is 12.2 Å². The lowest BCUT2D eigenvalue weighted by molar-refractivity contribution is -0.134. The number of hydrogen-bond donors (Lipinski definition) is 0. The van der Waals surface area contributed by atoms with E-state index in [-0.39, 0.29) is 5.91 Å². The Labute approximate surface area is 136 Å². The fourth-order valence-electron chi connectivity index (χ4n) is 3.29. The van der Waals surface area contributed by atoms with Gasteiger partial charge in [0.25, 0.3) is 0 Å². The van der Waals surface area contributed by atoms with Crippen molar-refractivity contribution in [1.29, 1.82) is 0 Å². The summed E-state index contributed by atoms with van der Waals surface area (Å²) in [5, 5.41) is 0. The molecule has 2 saturated heterocycles. The van der Waals surface area contributed by atoms with Crippen molar-refractivity contribution < 1.29 is 13.2 Å². The number of sulfonamides is 1. The second kappa shape index (κ2) is 6.45. The maximum Gasteiger partial charge on any atom is 0.241 e. The van der Waals surface area contributed by atoms with Crippen molar-refractivity contribution in [3.63, 3.8) is 0 Å². The topological polar surface area (TPSA) is 73.8 Å². The summed E-state index contributed by atoms with van der Waals surface area (Å²) < 4.78 is 25.0. The number of carbonyl (C=O) groups is 1. The minimum atomic E-state index is -3.32. The molecule has 1 aromatic rings. The van der Waals surface area contributed by atoms with Gasteiger partial charge >= 0.3 is 0 Å². The number of rotatable bonds is 3. The molecule has 3 rings (SSSR count). The van der Waals surface area contributed by atoms with E-state index >= 15 is 0 Å². The molecule has 0 N–H and O–H groups in total. The first-order chi connectivity index (χ1) is 11.0. The third-order valence-electron chi connectivity index (χ3n) is 4.48. The first-order valence-electron chi connectivity index (χ1n) is 7.88. The van der Waals surface area contributed by atoms with Crippen molar-refractivity contribution in [2.75, 3.05) is 43.9 Å². The fraction of sp³-hybridized carbons (Fsp3) is 0.600. The maximum absolute atomic E-state index is 12.7. The highest BCUT2D eigenvalue weighted by atomic mass is 32.2. The monoisotopic (exact) mass is 338 g/mol. The highest BCUT2D eigenvalue weighted by Gasteiger charge is 2.39. The van der Waals surface area contributed by atoms with Crippen LogP contribution in [0.25, 0.3) is 0 Å². The predicted octanol–water partition coefficient (Wildman–Crippen LogP) is 0.154. The molecule has 0 bridgehead atoms. The Bertz CT molecular complexity index is 657. The maximum atomic E-state index is 12.7. The summed E-state index contributed by atoms with van der Waals surface area (Å²) in [5.41, 5.74) is 0. The molecule has 1 aromatic heterocycles. The molecule has 126 valence electrons. The Morgan fingerprint density at radius 3 is 2.52 bits per heavy atom. The molecule has 23 heavy (non-hydrogen) atoms. The number of nitrogens with zero attached hydrogens (tertiary/aromatic N) is 4. The van der Waals surface area contributed by atoms with Gasteiger partial charge in [-0.2, -0.15) is 4.31 Å². The van der Waals surface area contributed by atoms with Crippen LogP contribution in [0.15, 0.2) is 24.4 Å². The Morgan fingerprint density at radius 2 is 1.91 bits per heavy atom. The standard InChI is InChI=1S/C15H22N4O3S/c1-23(21,22)19-8-4-5-13(19)15(20)18-11-9-17(10-12-18)14-6-2-3-7-16-14/h2-3,6-7,13H,4-5,8-12H2,1H3. The largest absolute Gasteiger partial charge is 0.353 e. The van der Waals surface area contributed by atoms with Crippen molar-refractivity contribution in [2.24, 2.45) is 0 Å². The van der Waals surface area contributed by atoms with Gasteiger partial charge in [0.15, 0.2) is 0 Å². The smallest absolute Gasteiger partial charge is 0.241 e. The molecule has 0 radical (unpaired) electrons. The number of anilines is 1. The zero-order valence-electron chi connectivity index (χ0n) is 13.3. The number of carbonyl (C=O) groups excluding carboxylic acids is 1. The van der Waals surface area contributed by atoms with Gasteiger partial charge in [-0.3, -0.25) is 4.79 Å². The minimum Gasteiger partial charge on any atom is -0.353 e. The Hall–Kier alpha value is -1.67. The van der Waals surface area contributed by atoms with Crippen LogP contribution in [-0.2, 0) is 14.8 Å². The molecule has 2 aliphatic heterocycles. The number of hydrogen-bond acceptors (Lipinski definition) is 5. The Balaban J connectivity index is 1.62. The molecule has 7 nitrogen and oxygen atoms in total. The van der Waals surface area contributed by atoms with Gasteiger partial charge in [0, 0.05) is 38.9 Å². The number of amides is 1. The van der Waals surface area contributed by atoms with Crippen LogP contribution in [0.4, 0.5) is 5.82 Å². The Kier molecular flexibility index (Phi) is 4.54. The first-order valence-corrected chi connectivity index (χ1v) is 9.73. The molecule has 1 unspecified atom stereocenters. The lowest BCUT2D eigenvalue weighted by Gasteiger charge is -2.37. The highest BCUT2D eigenvalue weighted by Crippen LogP contribution is 2.23. The molecule has 2 aliphatic rings. The van der Waals surface area contributed by atoms with Crippen LogP contribution in [0.3, 0.4) is 0 Å². The average Bonchev–Trinajstić information content (AvgIpc) is 3.05. The second-order valence-corrected chi connectivity index (χ2v) is 7.97. The fourth-order valence-corrected chi connectivity index (χ4v) is 4.41. The number of aromatic nitrogens is 1. The normalized spacial score (nSPS) is 23.3. The summed E-state index contributed by atoms with van der Waals surface area (Å²) in [7, 11) is -3.32. The van der Waals surface area contributed by atoms with Gasteiger partial charge in [-0.05, 0) is 25.0 Å². The van der Waals surface area contributed by atoms with E-state index in [1.165, 1.54) is 10.6 Å². The van der Waals surface area contributed by atoms with Crippen molar-refractivity contribution in [3.05, 3.63) is 24.4 Å². The molecule has 0 saturated carbocycles. The van der Waals surface area contributed by atoms with Crippen LogP contribution in [0.5, 0.6) is 0 Å². The molecular weight excluding hydrogens is 316 g/mol. The van der Waals surface area contributed by atoms with Gasteiger partial charge in [0.1, 0.15) is 11.9 Å². The van der Waals surface area contributed by atoms with E-state index in [2.05, 4.69) is 9.88 Å². The molecule has 3 heterocycles. The van der Waals surface area contributed by atoms with Gasteiger partial charge in [0.05, 0.1) is 6.26 Å². The summed E-state index contributed by atoms with van der Waals surface area (Å²) in [6, 6.07) is 5.26. The number of piperazine rings is 1. The van der Waals surface area contributed by atoms with Crippen molar-refractivity contribution in [1.82, 2.24) is 14.2 Å². The van der Waals surface area contributed by atoms with Gasteiger partial charge in [-0.15, -0.1) is 0 Å². The highest BCUT2D eigenvalue weighted by molar-refractivity contribution is 7.88. The third-order valence-corrected chi connectivity index (χ3v) is 5.77. The van der Waals surface area contributed by atoms with Gasteiger partial charge in [-0.1, -0.05) is 6.07 Å².